The first-order valence-corrected chi connectivity index (χ1v) is 9.22. The minimum absolute atomic E-state index is 0.0807. The van der Waals surface area contributed by atoms with Crippen LogP contribution in [-0.2, 0) is 11.3 Å². The lowest BCUT2D eigenvalue weighted by Gasteiger charge is -2.06. The molecule has 1 N–H and O–H groups in total. The fraction of sp³-hybridized carbons (Fsp3) is 0.286. The van der Waals surface area contributed by atoms with Crippen molar-refractivity contribution in [3.63, 3.8) is 0 Å². The van der Waals surface area contributed by atoms with E-state index in [1.807, 2.05) is 23.0 Å². The van der Waals surface area contributed by atoms with Crippen molar-refractivity contribution < 1.29 is 9.18 Å². The second-order valence-electron chi connectivity index (χ2n) is 6.90. The molecule has 1 aromatic carbocycles. The van der Waals surface area contributed by atoms with Gasteiger partial charge in [0.05, 0.1) is 0 Å². The predicted molar refractivity (Wildman–Crippen MR) is 102 cm³/mol. The molecule has 0 aliphatic heterocycles. The molecule has 138 valence electrons. The van der Waals surface area contributed by atoms with Gasteiger partial charge < -0.3 is 5.32 Å². The third-order valence-corrected chi connectivity index (χ3v) is 4.68. The highest BCUT2D eigenvalue weighted by molar-refractivity contribution is 5.90. The maximum Gasteiger partial charge on any atom is 0.225 e. The SMILES string of the molecule is CCC(=O)Nc1cc(-c2cn(CC3CC3)nc2-c2ccc(F)cc2)ccn1. The number of carbonyl (C=O) groups is 1. The molecule has 0 spiro atoms. The Balaban J connectivity index is 1.74. The summed E-state index contributed by atoms with van der Waals surface area (Å²) in [5.74, 6) is 0.851. The van der Waals surface area contributed by atoms with Crippen LogP contribution in [0.3, 0.4) is 0 Å². The van der Waals surface area contributed by atoms with Crippen LogP contribution in [0.4, 0.5) is 10.2 Å². The first-order valence-electron chi connectivity index (χ1n) is 9.22. The fourth-order valence-electron chi connectivity index (χ4n) is 3.01. The second-order valence-corrected chi connectivity index (χ2v) is 6.90. The largest absolute Gasteiger partial charge is 0.311 e. The van der Waals surface area contributed by atoms with Gasteiger partial charge in [-0.05, 0) is 60.7 Å². The summed E-state index contributed by atoms with van der Waals surface area (Å²) < 4.78 is 15.3. The lowest BCUT2D eigenvalue weighted by atomic mass is 10.0. The van der Waals surface area contributed by atoms with E-state index in [0.29, 0.717) is 18.2 Å². The fourth-order valence-corrected chi connectivity index (χ4v) is 3.01. The van der Waals surface area contributed by atoms with Gasteiger partial charge in [0.15, 0.2) is 0 Å². The number of anilines is 1. The zero-order valence-corrected chi connectivity index (χ0v) is 15.2. The van der Waals surface area contributed by atoms with E-state index < -0.39 is 0 Å². The molecule has 1 aliphatic carbocycles. The van der Waals surface area contributed by atoms with Crippen LogP contribution < -0.4 is 5.32 Å². The molecule has 0 bridgehead atoms. The highest BCUT2D eigenvalue weighted by Gasteiger charge is 2.23. The number of carbonyl (C=O) groups excluding carboxylic acids is 1. The number of benzene rings is 1. The van der Waals surface area contributed by atoms with E-state index in [2.05, 4.69) is 10.3 Å². The first kappa shape index (κ1) is 17.4. The van der Waals surface area contributed by atoms with Crippen LogP contribution in [0, 0.1) is 11.7 Å². The molecule has 1 amide bonds. The van der Waals surface area contributed by atoms with Crippen LogP contribution in [0.15, 0.2) is 48.8 Å². The zero-order chi connectivity index (χ0) is 18.8. The molecule has 2 aromatic heterocycles. The Kier molecular flexibility index (Phi) is 4.71. The van der Waals surface area contributed by atoms with Gasteiger partial charge in [-0.25, -0.2) is 9.37 Å². The monoisotopic (exact) mass is 364 g/mol. The molecule has 0 unspecified atom stereocenters. The van der Waals surface area contributed by atoms with Gasteiger partial charge in [0.25, 0.3) is 0 Å². The van der Waals surface area contributed by atoms with Crippen molar-refractivity contribution in [2.75, 3.05) is 5.32 Å². The molecule has 0 saturated heterocycles. The van der Waals surface area contributed by atoms with Crippen molar-refractivity contribution in [3.05, 3.63) is 54.6 Å². The summed E-state index contributed by atoms with van der Waals surface area (Å²) in [6, 6.07) is 10.1. The lowest BCUT2D eigenvalue weighted by Crippen LogP contribution is -2.10. The average Bonchev–Trinajstić information content (AvgIpc) is 3.39. The quantitative estimate of drug-likeness (QED) is 0.700. The van der Waals surface area contributed by atoms with Gasteiger partial charge in [0.2, 0.25) is 5.91 Å². The summed E-state index contributed by atoms with van der Waals surface area (Å²) in [6.45, 7) is 2.69. The summed E-state index contributed by atoms with van der Waals surface area (Å²) in [5, 5.41) is 7.55. The summed E-state index contributed by atoms with van der Waals surface area (Å²) in [7, 11) is 0. The molecule has 1 aliphatic rings. The van der Waals surface area contributed by atoms with Gasteiger partial charge in [-0.2, -0.15) is 5.10 Å². The van der Waals surface area contributed by atoms with Crippen molar-refractivity contribution >= 4 is 11.7 Å². The molecule has 0 atom stereocenters. The molecule has 4 rings (SSSR count). The van der Waals surface area contributed by atoms with Crippen molar-refractivity contribution in [2.45, 2.75) is 32.7 Å². The molecular weight excluding hydrogens is 343 g/mol. The van der Waals surface area contributed by atoms with E-state index in [1.165, 1.54) is 25.0 Å². The van der Waals surface area contributed by atoms with E-state index in [-0.39, 0.29) is 11.7 Å². The van der Waals surface area contributed by atoms with Gasteiger partial charge in [0, 0.05) is 36.5 Å². The standard InChI is InChI=1S/C21H21FN4O/c1-2-20(27)24-19-11-16(9-10-23-19)18-13-26(12-14-3-4-14)25-21(18)15-5-7-17(22)8-6-15/h5-11,13-14H,2-4,12H2,1H3,(H,23,24,27). The van der Waals surface area contributed by atoms with Gasteiger partial charge in [-0.1, -0.05) is 6.92 Å². The Morgan fingerprint density at radius 2 is 2.00 bits per heavy atom. The number of rotatable bonds is 6. The minimum Gasteiger partial charge on any atom is -0.311 e. The van der Waals surface area contributed by atoms with E-state index in [9.17, 15) is 9.18 Å². The normalized spacial score (nSPS) is 13.6. The maximum absolute atomic E-state index is 13.3. The third-order valence-electron chi connectivity index (χ3n) is 4.68. The van der Waals surface area contributed by atoms with E-state index in [1.54, 1.807) is 25.3 Å². The topological polar surface area (TPSA) is 59.8 Å². The molecule has 6 heteroatoms. The van der Waals surface area contributed by atoms with Crippen LogP contribution in [0.25, 0.3) is 22.4 Å². The number of amides is 1. The van der Waals surface area contributed by atoms with E-state index in [4.69, 9.17) is 5.10 Å². The smallest absolute Gasteiger partial charge is 0.225 e. The molecule has 1 fully saturated rings. The number of hydrogen-bond acceptors (Lipinski definition) is 3. The maximum atomic E-state index is 13.3. The van der Waals surface area contributed by atoms with Gasteiger partial charge in [0.1, 0.15) is 17.3 Å². The van der Waals surface area contributed by atoms with Gasteiger partial charge in [-0.3, -0.25) is 9.48 Å². The van der Waals surface area contributed by atoms with Crippen LogP contribution >= 0.6 is 0 Å². The van der Waals surface area contributed by atoms with E-state index in [0.717, 1.165) is 28.9 Å². The van der Waals surface area contributed by atoms with Crippen molar-refractivity contribution in [3.8, 4) is 22.4 Å². The van der Waals surface area contributed by atoms with Gasteiger partial charge in [-0.15, -0.1) is 0 Å². The van der Waals surface area contributed by atoms with Crippen molar-refractivity contribution in [2.24, 2.45) is 5.92 Å². The molecular formula is C21H21FN4O. The van der Waals surface area contributed by atoms with Crippen LogP contribution in [-0.4, -0.2) is 20.7 Å². The number of halogens is 1. The van der Waals surface area contributed by atoms with E-state index >= 15 is 0 Å². The Hall–Kier alpha value is -3.02. The summed E-state index contributed by atoms with van der Waals surface area (Å²) in [5.41, 5.74) is 3.51. The second kappa shape index (κ2) is 7.31. The highest BCUT2D eigenvalue weighted by Crippen LogP contribution is 2.35. The zero-order valence-electron chi connectivity index (χ0n) is 15.2. The number of pyridine rings is 1. The van der Waals surface area contributed by atoms with Crippen LogP contribution in [0.2, 0.25) is 0 Å². The summed E-state index contributed by atoms with van der Waals surface area (Å²) >= 11 is 0. The van der Waals surface area contributed by atoms with Crippen molar-refractivity contribution in [1.29, 1.82) is 0 Å². The molecule has 27 heavy (non-hydrogen) atoms. The molecule has 2 heterocycles. The number of nitrogens with one attached hydrogen (secondary N) is 1. The Labute approximate surface area is 157 Å². The number of hydrogen-bond donors (Lipinski definition) is 1. The molecule has 5 nitrogen and oxygen atoms in total. The van der Waals surface area contributed by atoms with Crippen LogP contribution in [0.1, 0.15) is 26.2 Å². The summed E-state index contributed by atoms with van der Waals surface area (Å²) in [6.07, 6.45) is 6.57. The first-order chi connectivity index (χ1) is 13.1. The number of nitrogens with zero attached hydrogens (tertiary/aromatic N) is 3. The van der Waals surface area contributed by atoms with Crippen molar-refractivity contribution in [1.82, 2.24) is 14.8 Å². The number of aromatic nitrogens is 3. The Morgan fingerprint density at radius 1 is 1.22 bits per heavy atom. The third kappa shape index (κ3) is 4.05. The molecule has 3 aromatic rings. The average molecular weight is 364 g/mol. The van der Waals surface area contributed by atoms with Gasteiger partial charge >= 0.3 is 0 Å². The Morgan fingerprint density at radius 3 is 2.70 bits per heavy atom. The molecule has 0 radical (unpaired) electrons. The minimum atomic E-state index is -0.272. The summed E-state index contributed by atoms with van der Waals surface area (Å²) in [4.78, 5) is 15.9. The lowest BCUT2D eigenvalue weighted by molar-refractivity contribution is -0.115. The van der Waals surface area contributed by atoms with Crippen LogP contribution in [0.5, 0.6) is 0 Å². The highest BCUT2D eigenvalue weighted by atomic mass is 19.1. The Bertz CT molecular complexity index is 961. The predicted octanol–water partition coefficient (Wildman–Crippen LogP) is 4.51. The molecule has 1 saturated carbocycles.